The summed E-state index contributed by atoms with van der Waals surface area (Å²) in [4.78, 5) is 23.5. The molecular formula is C14H16ClNO3. The summed E-state index contributed by atoms with van der Waals surface area (Å²) in [5, 5.41) is 12.6. The highest BCUT2D eigenvalue weighted by Gasteiger charge is 2.42. The third kappa shape index (κ3) is 2.73. The molecule has 0 heterocycles. The molecule has 1 saturated carbocycles. The standard InChI is InChI=1S/C14H16ClNO3/c1-9-8-10(4-5-11(9)15)12(17)16-14(13(18)19)6-2-3-7-14/h4-5,8H,2-3,6-7H2,1H3,(H,16,17)(H,18,19). The van der Waals surface area contributed by atoms with Crippen molar-refractivity contribution in [3.63, 3.8) is 0 Å². The highest BCUT2D eigenvalue weighted by molar-refractivity contribution is 6.31. The van der Waals surface area contributed by atoms with E-state index < -0.39 is 11.5 Å². The number of carboxylic acids is 1. The van der Waals surface area contributed by atoms with Crippen LogP contribution in [0.4, 0.5) is 0 Å². The molecule has 1 aliphatic rings. The predicted octanol–water partition coefficient (Wildman–Crippen LogP) is 2.78. The van der Waals surface area contributed by atoms with Crippen LogP contribution in [-0.2, 0) is 4.79 Å². The number of aliphatic carboxylic acids is 1. The van der Waals surface area contributed by atoms with E-state index in [-0.39, 0.29) is 5.91 Å². The molecule has 1 amide bonds. The Hall–Kier alpha value is -1.55. The van der Waals surface area contributed by atoms with E-state index in [9.17, 15) is 14.7 Å². The number of aryl methyl sites for hydroxylation is 1. The van der Waals surface area contributed by atoms with Crippen molar-refractivity contribution in [2.45, 2.75) is 38.1 Å². The van der Waals surface area contributed by atoms with Crippen molar-refractivity contribution < 1.29 is 14.7 Å². The molecule has 2 N–H and O–H groups in total. The molecule has 1 aromatic carbocycles. The summed E-state index contributed by atoms with van der Waals surface area (Å²) in [5.41, 5.74) is 0.129. The molecule has 0 bridgehead atoms. The molecule has 1 aliphatic carbocycles. The monoisotopic (exact) mass is 281 g/mol. The third-order valence-corrected chi connectivity index (χ3v) is 4.06. The van der Waals surface area contributed by atoms with Gasteiger partial charge in [-0.2, -0.15) is 0 Å². The summed E-state index contributed by atoms with van der Waals surface area (Å²) in [7, 11) is 0. The summed E-state index contributed by atoms with van der Waals surface area (Å²) >= 11 is 5.91. The van der Waals surface area contributed by atoms with Crippen LogP contribution < -0.4 is 5.32 Å². The van der Waals surface area contributed by atoms with E-state index in [0.717, 1.165) is 18.4 Å². The van der Waals surface area contributed by atoms with E-state index in [4.69, 9.17) is 11.6 Å². The molecule has 5 heteroatoms. The van der Waals surface area contributed by atoms with Gasteiger partial charge < -0.3 is 10.4 Å². The van der Waals surface area contributed by atoms with Crippen molar-refractivity contribution in [3.8, 4) is 0 Å². The molecule has 2 rings (SSSR count). The maximum Gasteiger partial charge on any atom is 0.329 e. The fourth-order valence-electron chi connectivity index (χ4n) is 2.45. The Balaban J connectivity index is 2.20. The number of carbonyl (C=O) groups excluding carboxylic acids is 1. The fourth-order valence-corrected chi connectivity index (χ4v) is 2.56. The van der Waals surface area contributed by atoms with Gasteiger partial charge >= 0.3 is 5.97 Å². The highest BCUT2D eigenvalue weighted by atomic mass is 35.5. The van der Waals surface area contributed by atoms with E-state index in [2.05, 4.69) is 5.32 Å². The lowest BCUT2D eigenvalue weighted by Gasteiger charge is -2.25. The lowest BCUT2D eigenvalue weighted by atomic mass is 9.97. The van der Waals surface area contributed by atoms with Gasteiger partial charge in [-0.05, 0) is 43.5 Å². The van der Waals surface area contributed by atoms with Gasteiger partial charge in [-0.25, -0.2) is 4.79 Å². The Morgan fingerprint density at radius 3 is 2.47 bits per heavy atom. The Bertz CT molecular complexity index is 521. The molecule has 0 radical (unpaired) electrons. The molecule has 4 nitrogen and oxygen atoms in total. The van der Waals surface area contributed by atoms with Crippen LogP contribution >= 0.6 is 11.6 Å². The molecule has 0 spiro atoms. The van der Waals surface area contributed by atoms with Crippen LogP contribution in [0, 0.1) is 6.92 Å². The van der Waals surface area contributed by atoms with Crippen molar-refractivity contribution in [2.24, 2.45) is 0 Å². The molecule has 19 heavy (non-hydrogen) atoms. The summed E-state index contributed by atoms with van der Waals surface area (Å²) in [6, 6.07) is 4.92. The Morgan fingerprint density at radius 2 is 1.95 bits per heavy atom. The van der Waals surface area contributed by atoms with Crippen LogP contribution in [0.25, 0.3) is 0 Å². The average Bonchev–Trinajstić information content (AvgIpc) is 2.82. The summed E-state index contributed by atoms with van der Waals surface area (Å²) in [5.74, 6) is -1.31. The zero-order valence-electron chi connectivity index (χ0n) is 10.7. The maximum atomic E-state index is 12.2. The number of hydrogen-bond acceptors (Lipinski definition) is 2. The largest absolute Gasteiger partial charge is 0.480 e. The molecule has 0 atom stereocenters. The predicted molar refractivity (Wildman–Crippen MR) is 72.5 cm³/mol. The van der Waals surface area contributed by atoms with E-state index in [1.165, 1.54) is 0 Å². The van der Waals surface area contributed by atoms with Crippen LogP contribution in [0.1, 0.15) is 41.6 Å². The lowest BCUT2D eigenvalue weighted by Crippen LogP contribution is -2.52. The normalized spacial score (nSPS) is 17.2. The molecule has 102 valence electrons. The molecule has 0 saturated heterocycles. The van der Waals surface area contributed by atoms with Crippen molar-refractivity contribution in [3.05, 3.63) is 34.3 Å². The zero-order valence-corrected chi connectivity index (χ0v) is 11.5. The van der Waals surface area contributed by atoms with Crippen molar-refractivity contribution in [1.82, 2.24) is 5.32 Å². The molecule has 1 fully saturated rings. The van der Waals surface area contributed by atoms with Crippen molar-refractivity contribution in [2.75, 3.05) is 0 Å². The minimum absolute atomic E-state index is 0.357. The van der Waals surface area contributed by atoms with Crippen LogP contribution in [0.15, 0.2) is 18.2 Å². The van der Waals surface area contributed by atoms with Gasteiger partial charge in [0.25, 0.3) is 5.91 Å². The second-order valence-electron chi connectivity index (χ2n) is 5.01. The van der Waals surface area contributed by atoms with Crippen molar-refractivity contribution >= 4 is 23.5 Å². The summed E-state index contributed by atoms with van der Waals surface area (Å²) in [6.45, 7) is 1.81. The number of halogens is 1. The first-order valence-corrected chi connectivity index (χ1v) is 6.64. The summed E-state index contributed by atoms with van der Waals surface area (Å²) in [6.07, 6.45) is 2.62. The SMILES string of the molecule is Cc1cc(C(=O)NC2(C(=O)O)CCCC2)ccc1Cl. The van der Waals surface area contributed by atoms with Gasteiger partial charge in [0.05, 0.1) is 0 Å². The third-order valence-electron chi connectivity index (χ3n) is 3.64. The minimum atomic E-state index is -1.11. The first-order chi connectivity index (χ1) is 8.94. The first-order valence-electron chi connectivity index (χ1n) is 6.27. The average molecular weight is 282 g/mol. The Labute approximate surface area is 116 Å². The number of carboxylic acid groups (broad SMARTS) is 1. The van der Waals surface area contributed by atoms with Gasteiger partial charge in [-0.15, -0.1) is 0 Å². The topological polar surface area (TPSA) is 66.4 Å². The van der Waals surface area contributed by atoms with E-state index in [1.807, 2.05) is 6.92 Å². The second-order valence-corrected chi connectivity index (χ2v) is 5.42. The van der Waals surface area contributed by atoms with E-state index >= 15 is 0 Å². The number of amides is 1. The summed E-state index contributed by atoms with van der Waals surface area (Å²) < 4.78 is 0. The Kier molecular flexibility index (Phi) is 3.80. The smallest absolute Gasteiger partial charge is 0.329 e. The van der Waals surface area contributed by atoms with Gasteiger partial charge in [-0.1, -0.05) is 24.4 Å². The van der Waals surface area contributed by atoms with Gasteiger partial charge in [-0.3, -0.25) is 4.79 Å². The van der Waals surface area contributed by atoms with Crippen LogP contribution in [0.2, 0.25) is 5.02 Å². The van der Waals surface area contributed by atoms with Gasteiger partial charge in [0.2, 0.25) is 0 Å². The number of hydrogen-bond donors (Lipinski definition) is 2. The maximum absolute atomic E-state index is 12.2. The fraction of sp³-hybridized carbons (Fsp3) is 0.429. The molecule has 0 aliphatic heterocycles. The second kappa shape index (κ2) is 5.21. The number of nitrogens with one attached hydrogen (secondary N) is 1. The van der Waals surface area contributed by atoms with Crippen LogP contribution in [-0.4, -0.2) is 22.5 Å². The molecule has 0 aromatic heterocycles. The molecule has 0 unspecified atom stereocenters. The van der Waals surface area contributed by atoms with Gasteiger partial charge in [0, 0.05) is 10.6 Å². The van der Waals surface area contributed by atoms with E-state index in [1.54, 1.807) is 18.2 Å². The Morgan fingerprint density at radius 1 is 1.32 bits per heavy atom. The lowest BCUT2D eigenvalue weighted by molar-refractivity contribution is -0.144. The zero-order chi connectivity index (χ0) is 14.0. The van der Waals surface area contributed by atoms with Crippen LogP contribution in [0.3, 0.4) is 0 Å². The van der Waals surface area contributed by atoms with Gasteiger partial charge in [0.1, 0.15) is 5.54 Å². The van der Waals surface area contributed by atoms with E-state index in [0.29, 0.717) is 23.4 Å². The number of carbonyl (C=O) groups is 2. The number of rotatable bonds is 3. The van der Waals surface area contributed by atoms with Crippen LogP contribution in [0.5, 0.6) is 0 Å². The quantitative estimate of drug-likeness (QED) is 0.895. The first kappa shape index (κ1) is 13.9. The molecular weight excluding hydrogens is 266 g/mol. The van der Waals surface area contributed by atoms with Crippen molar-refractivity contribution in [1.29, 1.82) is 0 Å². The number of benzene rings is 1. The van der Waals surface area contributed by atoms with Gasteiger partial charge in [0.15, 0.2) is 0 Å². The highest BCUT2D eigenvalue weighted by Crippen LogP contribution is 2.30. The molecule has 1 aromatic rings. The minimum Gasteiger partial charge on any atom is -0.480 e.